The molecule has 3 unspecified atom stereocenters. The molecular weight excluding hydrogens is 212 g/mol. The van der Waals surface area contributed by atoms with Crippen LogP contribution in [0.3, 0.4) is 0 Å². The second-order valence-corrected chi connectivity index (χ2v) is 6.89. The molecule has 98 valence electrons. The first kappa shape index (κ1) is 13.1. The lowest BCUT2D eigenvalue weighted by Crippen LogP contribution is -2.39. The third kappa shape index (κ3) is 2.58. The van der Waals surface area contributed by atoms with Crippen LogP contribution in [-0.4, -0.2) is 22.4 Å². The van der Waals surface area contributed by atoms with E-state index in [9.17, 15) is 5.11 Å². The molecule has 2 fully saturated rings. The highest BCUT2D eigenvalue weighted by molar-refractivity contribution is 5.13. The molecule has 2 heteroatoms. The largest absolute Gasteiger partial charge is 0.392 e. The van der Waals surface area contributed by atoms with Crippen molar-refractivity contribution in [2.24, 2.45) is 17.3 Å². The van der Waals surface area contributed by atoms with Gasteiger partial charge in [0.05, 0.1) is 12.2 Å². The van der Waals surface area contributed by atoms with Crippen LogP contribution in [0, 0.1) is 17.3 Å². The summed E-state index contributed by atoms with van der Waals surface area (Å²) in [6.07, 6.45) is 7.32. The molecule has 0 saturated heterocycles. The monoisotopic (exact) mass is 238 g/mol. The highest BCUT2D eigenvalue weighted by Crippen LogP contribution is 2.55. The summed E-state index contributed by atoms with van der Waals surface area (Å²) in [5.74, 6) is 1.46. The molecule has 0 spiro atoms. The van der Waals surface area contributed by atoms with Crippen molar-refractivity contribution in [1.82, 2.24) is 0 Å². The first-order valence-electron chi connectivity index (χ1n) is 6.88. The third-order valence-corrected chi connectivity index (χ3v) is 5.00. The normalized spacial score (nSPS) is 41.4. The van der Waals surface area contributed by atoms with Gasteiger partial charge in [0.2, 0.25) is 0 Å². The first-order chi connectivity index (χ1) is 7.86. The molecule has 0 amide bonds. The Hall–Kier alpha value is -0.340. The summed E-state index contributed by atoms with van der Waals surface area (Å²) in [4.78, 5) is 0. The minimum absolute atomic E-state index is 0.0574. The van der Waals surface area contributed by atoms with Crippen LogP contribution < -0.4 is 0 Å². The fourth-order valence-electron chi connectivity index (χ4n) is 4.05. The van der Waals surface area contributed by atoms with Gasteiger partial charge in [0, 0.05) is 0 Å². The Bertz CT molecular complexity index is 319. The van der Waals surface area contributed by atoms with Gasteiger partial charge in [-0.1, -0.05) is 19.9 Å². The van der Waals surface area contributed by atoms with Crippen molar-refractivity contribution in [3.05, 3.63) is 11.6 Å². The summed E-state index contributed by atoms with van der Waals surface area (Å²) in [5, 5.41) is 19.7. The molecule has 2 saturated carbocycles. The van der Waals surface area contributed by atoms with Gasteiger partial charge >= 0.3 is 0 Å². The van der Waals surface area contributed by atoms with Crippen LogP contribution in [0.5, 0.6) is 0 Å². The fraction of sp³-hybridized carbons (Fsp3) is 0.867. The standard InChI is InChI=1S/C15H26O2/c1-11(10-16)8-15(17)7-5-13-12(9-15)4-6-14(13,2)3/h8,12-13,16-17H,4-7,9-10H2,1-3H3/b11-8+. The predicted octanol–water partition coefficient (Wildman–Crippen LogP) is 2.89. The highest BCUT2D eigenvalue weighted by Gasteiger charge is 2.48. The van der Waals surface area contributed by atoms with Crippen molar-refractivity contribution in [1.29, 1.82) is 0 Å². The zero-order chi connectivity index (χ0) is 12.7. The number of aliphatic hydroxyl groups excluding tert-OH is 1. The van der Waals surface area contributed by atoms with E-state index in [0.29, 0.717) is 11.3 Å². The van der Waals surface area contributed by atoms with Crippen molar-refractivity contribution in [3.8, 4) is 0 Å². The second-order valence-electron chi connectivity index (χ2n) is 6.89. The molecule has 0 bridgehead atoms. The lowest BCUT2D eigenvalue weighted by molar-refractivity contribution is -0.00428. The van der Waals surface area contributed by atoms with Crippen molar-refractivity contribution in [3.63, 3.8) is 0 Å². The summed E-state index contributed by atoms with van der Waals surface area (Å²) in [6.45, 7) is 6.69. The Morgan fingerprint density at radius 2 is 2.00 bits per heavy atom. The summed E-state index contributed by atoms with van der Waals surface area (Å²) in [6, 6.07) is 0. The summed E-state index contributed by atoms with van der Waals surface area (Å²) in [5.41, 5.74) is 0.694. The zero-order valence-corrected chi connectivity index (χ0v) is 11.4. The minimum atomic E-state index is -0.658. The molecule has 0 aromatic carbocycles. The molecule has 0 aliphatic heterocycles. The van der Waals surface area contributed by atoms with Gasteiger partial charge in [0.15, 0.2) is 0 Å². The van der Waals surface area contributed by atoms with Crippen molar-refractivity contribution < 1.29 is 10.2 Å². The van der Waals surface area contributed by atoms with Crippen molar-refractivity contribution in [2.75, 3.05) is 6.61 Å². The number of aliphatic hydroxyl groups is 2. The molecule has 0 aromatic rings. The maximum Gasteiger partial charge on any atom is 0.0833 e. The Morgan fingerprint density at radius 3 is 2.65 bits per heavy atom. The van der Waals surface area contributed by atoms with E-state index < -0.39 is 5.60 Å². The summed E-state index contributed by atoms with van der Waals surface area (Å²) >= 11 is 0. The lowest BCUT2D eigenvalue weighted by atomic mass is 9.67. The highest BCUT2D eigenvalue weighted by atomic mass is 16.3. The van der Waals surface area contributed by atoms with E-state index in [1.165, 1.54) is 12.8 Å². The van der Waals surface area contributed by atoms with Gasteiger partial charge in [-0.15, -0.1) is 0 Å². The molecule has 2 rings (SSSR count). The maximum absolute atomic E-state index is 10.6. The molecule has 0 aromatic heterocycles. The number of hydrogen-bond donors (Lipinski definition) is 2. The van der Waals surface area contributed by atoms with Crippen LogP contribution >= 0.6 is 0 Å². The Morgan fingerprint density at radius 1 is 1.29 bits per heavy atom. The maximum atomic E-state index is 10.6. The topological polar surface area (TPSA) is 40.5 Å². The quantitative estimate of drug-likeness (QED) is 0.726. The predicted molar refractivity (Wildman–Crippen MR) is 69.6 cm³/mol. The number of fused-ring (bicyclic) bond motifs is 1. The Kier molecular flexibility index (Phi) is 3.39. The van der Waals surface area contributed by atoms with Gasteiger partial charge in [0.25, 0.3) is 0 Å². The molecule has 2 nitrogen and oxygen atoms in total. The van der Waals surface area contributed by atoms with Crippen molar-refractivity contribution in [2.45, 2.75) is 58.5 Å². The van der Waals surface area contributed by atoms with Crippen LogP contribution in [-0.2, 0) is 0 Å². The van der Waals surface area contributed by atoms with Crippen LogP contribution in [0.25, 0.3) is 0 Å². The molecule has 3 atom stereocenters. The van der Waals surface area contributed by atoms with Crippen LogP contribution in [0.1, 0.15) is 52.9 Å². The van der Waals surface area contributed by atoms with Crippen LogP contribution in [0.2, 0.25) is 0 Å². The lowest BCUT2D eigenvalue weighted by Gasteiger charge is -2.41. The van der Waals surface area contributed by atoms with E-state index in [2.05, 4.69) is 13.8 Å². The summed E-state index contributed by atoms with van der Waals surface area (Å²) in [7, 11) is 0. The van der Waals surface area contributed by atoms with Gasteiger partial charge in [-0.05, 0) is 61.9 Å². The number of hydrogen-bond acceptors (Lipinski definition) is 2. The van der Waals surface area contributed by atoms with Gasteiger partial charge in [-0.25, -0.2) is 0 Å². The molecule has 2 aliphatic rings. The summed E-state index contributed by atoms with van der Waals surface area (Å²) < 4.78 is 0. The molecular formula is C15H26O2. The minimum Gasteiger partial charge on any atom is -0.392 e. The Labute approximate surface area is 105 Å². The molecule has 17 heavy (non-hydrogen) atoms. The van der Waals surface area contributed by atoms with E-state index in [0.717, 1.165) is 30.8 Å². The second kappa shape index (κ2) is 4.40. The van der Waals surface area contributed by atoms with E-state index in [1.54, 1.807) is 0 Å². The smallest absolute Gasteiger partial charge is 0.0833 e. The van der Waals surface area contributed by atoms with Gasteiger partial charge in [-0.2, -0.15) is 0 Å². The number of rotatable bonds is 2. The van der Waals surface area contributed by atoms with Gasteiger partial charge in [0.1, 0.15) is 0 Å². The van der Waals surface area contributed by atoms with Gasteiger partial charge < -0.3 is 10.2 Å². The van der Waals surface area contributed by atoms with E-state index in [4.69, 9.17) is 5.11 Å². The van der Waals surface area contributed by atoms with E-state index in [-0.39, 0.29) is 6.61 Å². The van der Waals surface area contributed by atoms with Gasteiger partial charge in [-0.3, -0.25) is 0 Å². The molecule has 0 radical (unpaired) electrons. The SMILES string of the molecule is C/C(=C\C1(O)CCC2C(CCC2(C)C)C1)CO. The average Bonchev–Trinajstić information content (AvgIpc) is 2.53. The molecule has 0 heterocycles. The Balaban J connectivity index is 2.09. The van der Waals surface area contributed by atoms with E-state index in [1.807, 2.05) is 13.0 Å². The van der Waals surface area contributed by atoms with Crippen LogP contribution in [0.15, 0.2) is 11.6 Å². The first-order valence-corrected chi connectivity index (χ1v) is 6.88. The third-order valence-electron chi connectivity index (χ3n) is 5.00. The molecule has 2 N–H and O–H groups in total. The molecule has 2 aliphatic carbocycles. The van der Waals surface area contributed by atoms with E-state index >= 15 is 0 Å². The average molecular weight is 238 g/mol. The fourth-order valence-corrected chi connectivity index (χ4v) is 4.05. The van der Waals surface area contributed by atoms with Crippen LogP contribution in [0.4, 0.5) is 0 Å². The van der Waals surface area contributed by atoms with Crippen molar-refractivity contribution >= 4 is 0 Å². The zero-order valence-electron chi connectivity index (χ0n) is 11.4.